The van der Waals surface area contributed by atoms with Crippen LogP contribution in [-0.2, 0) is 6.54 Å². The molecule has 0 atom stereocenters. The Kier molecular flexibility index (Phi) is 4.19. The van der Waals surface area contributed by atoms with Crippen molar-refractivity contribution < 1.29 is 14.1 Å². The zero-order chi connectivity index (χ0) is 19.8. The number of amides is 1. The number of methoxy groups -OCH3 is 1. The summed E-state index contributed by atoms with van der Waals surface area (Å²) in [5.74, 6) is 2.56. The lowest BCUT2D eigenvalue weighted by atomic mass is 10.2. The molecule has 1 N–H and O–H groups in total. The van der Waals surface area contributed by atoms with Gasteiger partial charge in [0.15, 0.2) is 17.3 Å². The highest BCUT2D eigenvalue weighted by Crippen LogP contribution is 2.38. The summed E-state index contributed by atoms with van der Waals surface area (Å²) in [6, 6.07) is 10.8. The quantitative estimate of drug-likeness (QED) is 0.539. The maximum absolute atomic E-state index is 12.5. The molecule has 146 valence electrons. The Balaban J connectivity index is 1.34. The first-order valence-corrected chi connectivity index (χ1v) is 9.32. The fourth-order valence-corrected chi connectivity index (χ4v) is 3.14. The summed E-state index contributed by atoms with van der Waals surface area (Å²) < 4.78 is 12.4. The van der Waals surface area contributed by atoms with E-state index in [0.29, 0.717) is 34.6 Å². The molecule has 0 spiro atoms. The standard InChI is InChI=1S/C20H18N6O3/c1-28-15-5-3-2-4-14(15)19(27)21-11-17-24-23-16-10-13(8-9-26(16)17)20-22-18(25-29-20)12-6-7-12/h2-5,8-10,12H,6-7,11H2,1H3,(H,21,27). The number of hydrogen-bond acceptors (Lipinski definition) is 7. The van der Waals surface area contributed by atoms with E-state index < -0.39 is 0 Å². The van der Waals surface area contributed by atoms with Crippen LogP contribution in [0.1, 0.15) is 40.8 Å². The monoisotopic (exact) mass is 390 g/mol. The minimum Gasteiger partial charge on any atom is -0.496 e. The van der Waals surface area contributed by atoms with Crippen molar-refractivity contribution in [3.05, 3.63) is 59.8 Å². The molecule has 5 rings (SSSR count). The van der Waals surface area contributed by atoms with Crippen LogP contribution < -0.4 is 10.1 Å². The molecule has 1 aliphatic carbocycles. The summed E-state index contributed by atoms with van der Waals surface area (Å²) in [4.78, 5) is 16.9. The first-order chi connectivity index (χ1) is 14.2. The van der Waals surface area contributed by atoms with Crippen molar-refractivity contribution in [3.8, 4) is 17.2 Å². The summed E-state index contributed by atoms with van der Waals surface area (Å²) in [6.07, 6.45) is 4.06. The predicted octanol–water partition coefficient (Wildman–Crippen LogP) is 2.60. The molecule has 1 aliphatic rings. The van der Waals surface area contributed by atoms with Crippen molar-refractivity contribution in [2.24, 2.45) is 0 Å². The van der Waals surface area contributed by atoms with Gasteiger partial charge in [0.25, 0.3) is 11.8 Å². The van der Waals surface area contributed by atoms with E-state index in [1.54, 1.807) is 18.2 Å². The Bertz CT molecular complexity index is 1190. The minimum absolute atomic E-state index is 0.226. The molecule has 1 amide bonds. The van der Waals surface area contributed by atoms with Crippen molar-refractivity contribution >= 4 is 11.6 Å². The lowest BCUT2D eigenvalue weighted by Crippen LogP contribution is -2.24. The highest BCUT2D eigenvalue weighted by Gasteiger charge is 2.29. The van der Waals surface area contributed by atoms with Crippen molar-refractivity contribution in [2.75, 3.05) is 7.11 Å². The maximum atomic E-state index is 12.5. The van der Waals surface area contributed by atoms with Crippen molar-refractivity contribution in [1.82, 2.24) is 30.1 Å². The molecule has 29 heavy (non-hydrogen) atoms. The first kappa shape index (κ1) is 17.4. The van der Waals surface area contributed by atoms with Gasteiger partial charge in [-0.05, 0) is 37.1 Å². The highest BCUT2D eigenvalue weighted by atomic mass is 16.5. The average molecular weight is 390 g/mol. The third kappa shape index (κ3) is 3.31. The number of rotatable bonds is 6. The number of aromatic nitrogens is 5. The van der Waals surface area contributed by atoms with Gasteiger partial charge in [-0.2, -0.15) is 4.98 Å². The number of nitrogens with zero attached hydrogens (tertiary/aromatic N) is 5. The second-order valence-corrected chi connectivity index (χ2v) is 6.87. The van der Waals surface area contributed by atoms with Crippen molar-refractivity contribution in [1.29, 1.82) is 0 Å². The van der Waals surface area contributed by atoms with Gasteiger partial charge >= 0.3 is 0 Å². The molecule has 9 nitrogen and oxygen atoms in total. The smallest absolute Gasteiger partial charge is 0.258 e. The highest BCUT2D eigenvalue weighted by molar-refractivity contribution is 5.96. The van der Waals surface area contributed by atoms with E-state index >= 15 is 0 Å². The minimum atomic E-state index is -0.241. The topological polar surface area (TPSA) is 107 Å². The van der Waals surface area contributed by atoms with E-state index in [4.69, 9.17) is 9.26 Å². The molecular weight excluding hydrogens is 372 g/mol. The van der Waals surface area contributed by atoms with Crippen molar-refractivity contribution in [3.63, 3.8) is 0 Å². The first-order valence-electron chi connectivity index (χ1n) is 9.32. The maximum Gasteiger partial charge on any atom is 0.258 e. The van der Waals surface area contributed by atoms with Gasteiger partial charge in [-0.15, -0.1) is 10.2 Å². The zero-order valence-corrected chi connectivity index (χ0v) is 15.7. The molecule has 1 fully saturated rings. The summed E-state index contributed by atoms with van der Waals surface area (Å²) in [5.41, 5.74) is 1.89. The molecule has 0 unspecified atom stereocenters. The average Bonchev–Trinajstić information content (AvgIpc) is 3.35. The number of nitrogens with one attached hydrogen (secondary N) is 1. The number of para-hydroxylation sites is 1. The third-order valence-corrected chi connectivity index (χ3v) is 4.87. The fourth-order valence-electron chi connectivity index (χ4n) is 3.14. The van der Waals surface area contributed by atoms with Gasteiger partial charge in [-0.25, -0.2) is 0 Å². The summed E-state index contributed by atoms with van der Waals surface area (Å²) in [7, 11) is 1.53. The molecular formula is C20H18N6O3. The number of benzene rings is 1. The van der Waals surface area contributed by atoms with Gasteiger partial charge in [-0.3, -0.25) is 9.20 Å². The molecule has 0 aliphatic heterocycles. The number of ether oxygens (including phenoxy) is 1. The van der Waals surface area contributed by atoms with Gasteiger partial charge in [0.1, 0.15) is 5.75 Å². The van der Waals surface area contributed by atoms with Crippen LogP contribution in [0.3, 0.4) is 0 Å². The molecule has 1 aromatic carbocycles. The molecule has 4 aromatic rings. The van der Waals surface area contributed by atoms with Crippen LogP contribution in [0.4, 0.5) is 0 Å². The number of fused-ring (bicyclic) bond motifs is 1. The van der Waals surface area contributed by atoms with E-state index in [0.717, 1.165) is 24.2 Å². The number of pyridine rings is 1. The van der Waals surface area contributed by atoms with E-state index in [2.05, 4.69) is 25.7 Å². The molecule has 1 saturated carbocycles. The number of carbonyl (C=O) groups excluding carboxylic acids is 1. The van der Waals surface area contributed by atoms with E-state index in [9.17, 15) is 4.79 Å². The third-order valence-electron chi connectivity index (χ3n) is 4.87. The molecule has 0 bridgehead atoms. The van der Waals surface area contributed by atoms with Crippen LogP contribution in [0, 0.1) is 0 Å². The normalized spacial score (nSPS) is 13.6. The van der Waals surface area contributed by atoms with Crippen LogP contribution >= 0.6 is 0 Å². The Morgan fingerprint density at radius 2 is 2.14 bits per heavy atom. The Labute approximate surface area is 165 Å². The summed E-state index contributed by atoms with van der Waals surface area (Å²) in [5, 5.41) is 15.3. The van der Waals surface area contributed by atoms with E-state index in [-0.39, 0.29) is 12.5 Å². The summed E-state index contributed by atoms with van der Waals surface area (Å²) >= 11 is 0. The summed E-state index contributed by atoms with van der Waals surface area (Å²) in [6.45, 7) is 0.226. The zero-order valence-electron chi connectivity index (χ0n) is 15.7. The fraction of sp³-hybridized carbons (Fsp3) is 0.250. The van der Waals surface area contributed by atoms with Gasteiger partial charge in [-0.1, -0.05) is 17.3 Å². The largest absolute Gasteiger partial charge is 0.496 e. The van der Waals surface area contributed by atoms with Gasteiger partial charge in [0.2, 0.25) is 0 Å². The van der Waals surface area contributed by atoms with Gasteiger partial charge < -0.3 is 14.6 Å². The molecule has 0 saturated heterocycles. The lowest BCUT2D eigenvalue weighted by Gasteiger charge is -2.08. The SMILES string of the molecule is COc1ccccc1C(=O)NCc1nnc2cc(-c3nc(C4CC4)no3)ccn12. The Morgan fingerprint density at radius 3 is 2.97 bits per heavy atom. The number of hydrogen-bond donors (Lipinski definition) is 1. The van der Waals surface area contributed by atoms with Crippen LogP contribution in [0.5, 0.6) is 5.75 Å². The van der Waals surface area contributed by atoms with E-state index in [1.807, 2.05) is 28.8 Å². The van der Waals surface area contributed by atoms with Gasteiger partial charge in [0.05, 0.1) is 19.2 Å². The molecule has 3 heterocycles. The van der Waals surface area contributed by atoms with Crippen LogP contribution in [0.2, 0.25) is 0 Å². The van der Waals surface area contributed by atoms with Crippen LogP contribution in [-0.4, -0.2) is 37.8 Å². The Hall–Kier alpha value is -3.75. The predicted molar refractivity (Wildman–Crippen MR) is 102 cm³/mol. The molecule has 9 heteroatoms. The second-order valence-electron chi connectivity index (χ2n) is 6.87. The molecule has 0 radical (unpaired) electrons. The molecule has 3 aromatic heterocycles. The van der Waals surface area contributed by atoms with Gasteiger partial charge in [0, 0.05) is 17.7 Å². The van der Waals surface area contributed by atoms with Crippen LogP contribution in [0.25, 0.3) is 17.1 Å². The van der Waals surface area contributed by atoms with Crippen LogP contribution in [0.15, 0.2) is 47.1 Å². The lowest BCUT2D eigenvalue weighted by molar-refractivity contribution is 0.0946. The Morgan fingerprint density at radius 1 is 1.28 bits per heavy atom. The van der Waals surface area contributed by atoms with Crippen molar-refractivity contribution in [2.45, 2.75) is 25.3 Å². The number of carbonyl (C=O) groups is 1. The van der Waals surface area contributed by atoms with E-state index in [1.165, 1.54) is 7.11 Å². The second kappa shape index (κ2) is 7.01.